The molecular weight excluding hydrogens is 308 g/mol. The van der Waals surface area contributed by atoms with Gasteiger partial charge in [0.2, 0.25) is 5.91 Å². The van der Waals surface area contributed by atoms with Crippen molar-refractivity contribution < 1.29 is 9.59 Å². The van der Waals surface area contributed by atoms with Gasteiger partial charge in [-0.15, -0.1) is 11.3 Å². The lowest BCUT2D eigenvalue weighted by Gasteiger charge is -2.20. The Labute approximate surface area is 140 Å². The summed E-state index contributed by atoms with van der Waals surface area (Å²) in [7, 11) is 0. The predicted molar refractivity (Wildman–Crippen MR) is 93.8 cm³/mol. The Hall–Kier alpha value is -1.88. The number of nitrogens with one attached hydrogen (secondary N) is 1. The Morgan fingerprint density at radius 2 is 2.09 bits per heavy atom. The predicted octanol–water partition coefficient (Wildman–Crippen LogP) is 3.42. The smallest absolute Gasteiger partial charge is 0.261 e. The van der Waals surface area contributed by atoms with E-state index in [1.165, 1.54) is 11.3 Å². The lowest BCUT2D eigenvalue weighted by molar-refractivity contribution is -0.130. The third-order valence-corrected chi connectivity index (χ3v) is 5.33. The van der Waals surface area contributed by atoms with Gasteiger partial charge in [-0.3, -0.25) is 9.59 Å². The van der Waals surface area contributed by atoms with Gasteiger partial charge in [-0.25, -0.2) is 0 Å². The molecule has 1 aromatic carbocycles. The van der Waals surface area contributed by atoms with Crippen LogP contribution in [0.4, 0.5) is 0 Å². The molecule has 0 atom stereocenters. The molecule has 2 aromatic rings. The van der Waals surface area contributed by atoms with Gasteiger partial charge in [0.15, 0.2) is 0 Å². The van der Waals surface area contributed by atoms with Gasteiger partial charge in [0.1, 0.15) is 0 Å². The van der Waals surface area contributed by atoms with Crippen molar-refractivity contribution in [3.8, 4) is 0 Å². The quantitative estimate of drug-likeness (QED) is 0.854. The van der Waals surface area contributed by atoms with Crippen LogP contribution in [-0.4, -0.2) is 36.3 Å². The summed E-state index contributed by atoms with van der Waals surface area (Å²) in [6.07, 6.45) is 4.74. The SMILES string of the molecule is O=C(NCCCN1CCCCCC1=O)c1cc2ccccc2s1. The second kappa shape index (κ2) is 7.59. The van der Waals surface area contributed by atoms with Crippen molar-refractivity contribution >= 4 is 33.2 Å². The van der Waals surface area contributed by atoms with Crippen LogP contribution < -0.4 is 5.32 Å². The molecule has 1 aromatic heterocycles. The van der Waals surface area contributed by atoms with Crippen molar-refractivity contribution in [2.45, 2.75) is 32.1 Å². The molecule has 2 heterocycles. The number of hydrogen-bond donors (Lipinski definition) is 1. The third kappa shape index (κ3) is 4.10. The molecule has 0 aliphatic carbocycles. The summed E-state index contributed by atoms with van der Waals surface area (Å²) in [6.45, 7) is 2.21. The van der Waals surface area contributed by atoms with E-state index in [4.69, 9.17) is 0 Å². The summed E-state index contributed by atoms with van der Waals surface area (Å²) in [6, 6.07) is 9.95. The van der Waals surface area contributed by atoms with Crippen molar-refractivity contribution in [2.24, 2.45) is 0 Å². The lowest BCUT2D eigenvalue weighted by atomic mass is 10.2. The minimum Gasteiger partial charge on any atom is -0.351 e. The molecule has 1 aliphatic rings. The second-order valence-electron chi connectivity index (χ2n) is 5.95. The molecule has 0 saturated carbocycles. The van der Waals surface area contributed by atoms with Crippen molar-refractivity contribution in [3.63, 3.8) is 0 Å². The molecule has 1 fully saturated rings. The van der Waals surface area contributed by atoms with Crippen LogP contribution in [0.3, 0.4) is 0 Å². The van der Waals surface area contributed by atoms with E-state index in [2.05, 4.69) is 5.32 Å². The molecule has 1 aliphatic heterocycles. The van der Waals surface area contributed by atoms with Crippen molar-refractivity contribution in [1.82, 2.24) is 10.2 Å². The highest BCUT2D eigenvalue weighted by Crippen LogP contribution is 2.25. The third-order valence-electron chi connectivity index (χ3n) is 4.21. The number of amides is 2. The first-order chi connectivity index (χ1) is 11.2. The number of nitrogens with zero attached hydrogens (tertiary/aromatic N) is 1. The maximum Gasteiger partial charge on any atom is 0.261 e. The molecule has 1 saturated heterocycles. The van der Waals surface area contributed by atoms with Gasteiger partial charge < -0.3 is 10.2 Å². The van der Waals surface area contributed by atoms with Crippen LogP contribution in [0, 0.1) is 0 Å². The van der Waals surface area contributed by atoms with Crippen LogP contribution in [0.25, 0.3) is 10.1 Å². The van der Waals surface area contributed by atoms with Crippen LogP contribution >= 0.6 is 11.3 Å². The minimum atomic E-state index is -0.0200. The minimum absolute atomic E-state index is 0.0200. The van der Waals surface area contributed by atoms with Gasteiger partial charge in [0.05, 0.1) is 4.88 Å². The summed E-state index contributed by atoms with van der Waals surface area (Å²) < 4.78 is 1.13. The highest BCUT2D eigenvalue weighted by molar-refractivity contribution is 7.20. The van der Waals surface area contributed by atoms with Gasteiger partial charge in [0, 0.05) is 30.8 Å². The molecule has 0 bridgehead atoms. The summed E-state index contributed by atoms with van der Waals surface area (Å²) >= 11 is 1.52. The maximum absolute atomic E-state index is 12.2. The number of fused-ring (bicyclic) bond motifs is 1. The Kier molecular flexibility index (Phi) is 5.28. The van der Waals surface area contributed by atoms with Crippen LogP contribution in [0.15, 0.2) is 30.3 Å². The molecule has 1 N–H and O–H groups in total. The number of rotatable bonds is 5. The molecule has 5 heteroatoms. The number of thiophene rings is 1. The van der Waals surface area contributed by atoms with E-state index >= 15 is 0 Å². The Morgan fingerprint density at radius 1 is 1.22 bits per heavy atom. The number of carbonyl (C=O) groups excluding carboxylic acids is 2. The molecule has 3 rings (SSSR count). The van der Waals surface area contributed by atoms with E-state index in [-0.39, 0.29) is 11.8 Å². The fourth-order valence-electron chi connectivity index (χ4n) is 2.93. The van der Waals surface area contributed by atoms with Gasteiger partial charge >= 0.3 is 0 Å². The van der Waals surface area contributed by atoms with Crippen molar-refractivity contribution in [1.29, 1.82) is 0 Å². The van der Waals surface area contributed by atoms with Crippen LogP contribution in [-0.2, 0) is 4.79 Å². The molecule has 122 valence electrons. The molecule has 2 amide bonds. The van der Waals surface area contributed by atoms with E-state index in [9.17, 15) is 9.59 Å². The lowest BCUT2D eigenvalue weighted by Crippen LogP contribution is -2.33. The van der Waals surface area contributed by atoms with Gasteiger partial charge in [-0.05, 0) is 36.8 Å². The van der Waals surface area contributed by atoms with E-state index in [1.807, 2.05) is 35.2 Å². The fraction of sp³-hybridized carbons (Fsp3) is 0.444. The van der Waals surface area contributed by atoms with E-state index in [0.29, 0.717) is 13.0 Å². The average molecular weight is 330 g/mol. The molecule has 23 heavy (non-hydrogen) atoms. The standard InChI is InChI=1S/C18H22N2O2S/c21-17-9-2-1-5-11-20(17)12-6-10-19-18(22)16-13-14-7-3-4-8-15(14)23-16/h3-4,7-8,13H,1-2,5-6,9-12H2,(H,19,22). The van der Waals surface area contributed by atoms with Gasteiger partial charge in [-0.1, -0.05) is 24.6 Å². The summed E-state index contributed by atoms with van der Waals surface area (Å²) in [5, 5.41) is 4.07. The molecule has 0 unspecified atom stereocenters. The topological polar surface area (TPSA) is 49.4 Å². The van der Waals surface area contributed by atoms with Crippen LogP contribution in [0.1, 0.15) is 41.8 Å². The van der Waals surface area contributed by atoms with Crippen molar-refractivity contribution in [2.75, 3.05) is 19.6 Å². The highest BCUT2D eigenvalue weighted by atomic mass is 32.1. The van der Waals surface area contributed by atoms with E-state index in [0.717, 1.165) is 53.7 Å². The van der Waals surface area contributed by atoms with E-state index in [1.54, 1.807) is 0 Å². The van der Waals surface area contributed by atoms with Crippen molar-refractivity contribution in [3.05, 3.63) is 35.2 Å². The first kappa shape index (κ1) is 16.0. The normalized spacial score (nSPS) is 15.7. The number of hydrogen-bond acceptors (Lipinski definition) is 3. The summed E-state index contributed by atoms with van der Waals surface area (Å²) in [4.78, 5) is 26.8. The van der Waals surface area contributed by atoms with Crippen LogP contribution in [0.5, 0.6) is 0 Å². The zero-order chi connectivity index (χ0) is 16.1. The monoisotopic (exact) mass is 330 g/mol. The first-order valence-electron chi connectivity index (χ1n) is 8.28. The molecule has 4 nitrogen and oxygen atoms in total. The largest absolute Gasteiger partial charge is 0.351 e. The molecule has 0 spiro atoms. The van der Waals surface area contributed by atoms with Gasteiger partial charge in [0.25, 0.3) is 5.91 Å². The fourth-order valence-corrected chi connectivity index (χ4v) is 3.91. The Bertz CT molecular complexity index is 662. The molecule has 0 radical (unpaired) electrons. The highest BCUT2D eigenvalue weighted by Gasteiger charge is 2.16. The molecular formula is C18H22N2O2S. The maximum atomic E-state index is 12.2. The van der Waals surface area contributed by atoms with Crippen LogP contribution in [0.2, 0.25) is 0 Å². The summed E-state index contributed by atoms with van der Waals surface area (Å²) in [5.41, 5.74) is 0. The van der Waals surface area contributed by atoms with Gasteiger partial charge in [-0.2, -0.15) is 0 Å². The number of carbonyl (C=O) groups is 2. The number of benzene rings is 1. The zero-order valence-corrected chi connectivity index (χ0v) is 14.0. The Morgan fingerprint density at radius 3 is 2.96 bits per heavy atom. The Balaban J connectivity index is 1.46. The van der Waals surface area contributed by atoms with E-state index < -0.39 is 0 Å². The summed E-state index contributed by atoms with van der Waals surface area (Å²) in [5.74, 6) is 0.242. The number of likely N-dealkylation sites (tertiary alicyclic amines) is 1. The first-order valence-corrected chi connectivity index (χ1v) is 9.10. The zero-order valence-electron chi connectivity index (χ0n) is 13.2. The second-order valence-corrected chi connectivity index (χ2v) is 7.03. The average Bonchev–Trinajstić information content (AvgIpc) is 2.89.